The Kier molecular flexibility index (Phi) is 11.1. The highest BCUT2D eigenvalue weighted by molar-refractivity contribution is 7.55. The number of esters is 1. The number of hydrogen-bond donors (Lipinski definition) is 0. The van der Waals surface area contributed by atoms with Crippen molar-refractivity contribution in [1.82, 2.24) is 4.90 Å². The lowest BCUT2D eigenvalue weighted by Crippen LogP contribution is -2.66. The summed E-state index contributed by atoms with van der Waals surface area (Å²) in [5.74, 6) is -2.79. The van der Waals surface area contributed by atoms with Crippen LogP contribution in [0.5, 0.6) is 0 Å². The van der Waals surface area contributed by atoms with E-state index < -0.39 is 38.6 Å². The van der Waals surface area contributed by atoms with Gasteiger partial charge in [-0.2, -0.15) is 0 Å². The molecule has 1 fully saturated rings. The highest BCUT2D eigenvalue weighted by Crippen LogP contribution is 2.56. The van der Waals surface area contributed by atoms with Gasteiger partial charge < -0.3 is 23.1 Å². The van der Waals surface area contributed by atoms with Crippen molar-refractivity contribution in [2.24, 2.45) is 11.8 Å². The van der Waals surface area contributed by atoms with Crippen molar-refractivity contribution in [3.05, 3.63) is 39.9 Å². The van der Waals surface area contributed by atoms with E-state index in [2.05, 4.69) is 40.8 Å². The summed E-state index contributed by atoms with van der Waals surface area (Å²) >= 11 is 0. The van der Waals surface area contributed by atoms with Crippen molar-refractivity contribution in [3.63, 3.8) is 0 Å². The highest BCUT2D eigenvalue weighted by atomic mass is 31.2. The Morgan fingerprint density at radius 3 is 2.21 bits per heavy atom. The number of likely N-dealkylation sites (tertiary alicyclic amines) is 1. The lowest BCUT2D eigenvalue weighted by Gasteiger charge is -2.51. The van der Waals surface area contributed by atoms with E-state index in [1.54, 1.807) is 0 Å². The zero-order chi connectivity index (χ0) is 29.8. The summed E-state index contributed by atoms with van der Waals surface area (Å²) in [5, 5.41) is 10.9. The number of nitro benzene ring substituents is 1. The van der Waals surface area contributed by atoms with Crippen LogP contribution >= 0.6 is 7.60 Å². The van der Waals surface area contributed by atoms with Gasteiger partial charge in [0, 0.05) is 39.0 Å². The van der Waals surface area contributed by atoms with Gasteiger partial charge >= 0.3 is 13.6 Å². The fourth-order valence-electron chi connectivity index (χ4n) is 4.65. The third-order valence-corrected chi connectivity index (χ3v) is 15.2. The molecule has 1 aromatic rings. The van der Waals surface area contributed by atoms with Crippen molar-refractivity contribution < 1.29 is 37.3 Å². The Balaban J connectivity index is 2.26. The standard InChI is InChI=1S/C26H43N2O9PSi/c1-10-21-22(15-16-37-39(8,9)26(4,5)18(2)3)27(23(21)29)24(38(33,34-6)35-7)25(30)36-17-19-11-13-20(14-12-19)28(31)32/h11-14,18,21-22,24H,10,15-17H2,1-9H3/t21-,22-,24?/m1/s1. The minimum Gasteiger partial charge on any atom is -0.459 e. The summed E-state index contributed by atoms with van der Waals surface area (Å²) in [4.78, 5) is 38.2. The summed E-state index contributed by atoms with van der Waals surface area (Å²) < 4.78 is 35.7. The van der Waals surface area contributed by atoms with Gasteiger partial charge in [0.2, 0.25) is 11.7 Å². The zero-order valence-corrected chi connectivity index (χ0v) is 26.4. The quantitative estimate of drug-likeness (QED) is 0.0630. The number of nitrogens with zero attached hydrogens (tertiary/aromatic N) is 2. The predicted molar refractivity (Wildman–Crippen MR) is 150 cm³/mol. The van der Waals surface area contributed by atoms with Crippen molar-refractivity contribution in [3.8, 4) is 0 Å². The molecule has 1 aliphatic rings. The van der Waals surface area contributed by atoms with Crippen LogP contribution in [0.4, 0.5) is 5.69 Å². The maximum absolute atomic E-state index is 13.5. The SMILES string of the molecule is CC[C@H]1C(=O)N(C(C(=O)OCc2ccc([N+](=O)[O-])cc2)P(=O)(OC)OC)[C@@H]1CCO[Si](C)(C)C(C)(C)C(C)C. The average molecular weight is 587 g/mol. The van der Waals surface area contributed by atoms with Gasteiger partial charge in [-0.1, -0.05) is 34.6 Å². The second kappa shape index (κ2) is 13.0. The van der Waals surface area contributed by atoms with Gasteiger partial charge in [-0.25, -0.2) is 4.79 Å². The van der Waals surface area contributed by atoms with Crippen LogP contribution in [0.1, 0.15) is 53.0 Å². The Labute approximate surface area is 232 Å². The van der Waals surface area contributed by atoms with Gasteiger partial charge in [0.05, 0.1) is 10.8 Å². The molecule has 39 heavy (non-hydrogen) atoms. The highest BCUT2D eigenvalue weighted by Gasteiger charge is 2.58. The van der Waals surface area contributed by atoms with E-state index in [4.69, 9.17) is 18.2 Å². The van der Waals surface area contributed by atoms with Crippen LogP contribution < -0.4 is 0 Å². The first kappa shape index (κ1) is 33.1. The monoisotopic (exact) mass is 586 g/mol. The number of β-lactam (4-membered cyclic amide) rings is 1. The molecule has 1 saturated heterocycles. The van der Waals surface area contributed by atoms with E-state index >= 15 is 0 Å². The number of benzene rings is 1. The Bertz CT molecular complexity index is 1070. The van der Waals surface area contributed by atoms with Crippen LogP contribution in [0.3, 0.4) is 0 Å². The fraction of sp³-hybridized carbons (Fsp3) is 0.692. The largest absolute Gasteiger partial charge is 0.459 e. The topological polar surface area (TPSA) is 135 Å². The van der Waals surface area contributed by atoms with Crippen LogP contribution in [0.25, 0.3) is 0 Å². The first-order valence-corrected chi connectivity index (χ1v) is 17.7. The molecule has 3 atom stereocenters. The van der Waals surface area contributed by atoms with Crippen molar-refractivity contribution >= 4 is 33.5 Å². The number of amides is 1. The Hall–Kier alpha value is -2.11. The minimum absolute atomic E-state index is 0.0122. The molecule has 11 nitrogen and oxygen atoms in total. The molecule has 0 N–H and O–H groups in total. The maximum Gasteiger partial charge on any atom is 0.364 e. The van der Waals surface area contributed by atoms with Gasteiger partial charge in [-0.3, -0.25) is 19.5 Å². The van der Waals surface area contributed by atoms with Crippen molar-refractivity contribution in [2.75, 3.05) is 20.8 Å². The summed E-state index contributed by atoms with van der Waals surface area (Å²) in [6, 6.07) is 5.09. The molecular formula is C26H43N2O9PSi. The smallest absolute Gasteiger partial charge is 0.364 e. The lowest BCUT2D eigenvalue weighted by molar-refractivity contribution is -0.384. The molecule has 0 spiro atoms. The third kappa shape index (κ3) is 6.97. The molecule has 0 aliphatic carbocycles. The van der Waals surface area contributed by atoms with Crippen LogP contribution in [-0.4, -0.2) is 62.7 Å². The van der Waals surface area contributed by atoms with Crippen LogP contribution in [0.2, 0.25) is 18.1 Å². The molecule has 220 valence electrons. The van der Waals surface area contributed by atoms with E-state index in [-0.39, 0.29) is 29.2 Å². The number of carbonyl (C=O) groups is 2. The number of nitro groups is 1. The molecular weight excluding hydrogens is 543 g/mol. The molecule has 1 amide bonds. The van der Waals surface area contributed by atoms with Gasteiger partial charge in [-0.15, -0.1) is 0 Å². The van der Waals surface area contributed by atoms with Gasteiger partial charge in [0.15, 0.2) is 8.32 Å². The molecule has 0 saturated carbocycles. The van der Waals surface area contributed by atoms with Gasteiger partial charge in [-0.05, 0) is 54.6 Å². The number of rotatable bonds is 15. The molecule has 0 radical (unpaired) electrons. The van der Waals surface area contributed by atoms with Crippen LogP contribution in [-0.2, 0) is 39.0 Å². The normalized spacial score (nSPS) is 19.1. The maximum atomic E-state index is 13.5. The number of carbonyl (C=O) groups excluding carboxylic acids is 2. The minimum atomic E-state index is -4.12. The molecule has 0 bridgehead atoms. The lowest BCUT2D eigenvalue weighted by atomic mass is 9.83. The van der Waals surface area contributed by atoms with E-state index in [1.807, 2.05) is 6.92 Å². The van der Waals surface area contributed by atoms with Gasteiger partial charge in [0.1, 0.15) is 6.61 Å². The molecule has 2 rings (SSSR count). The van der Waals surface area contributed by atoms with E-state index in [1.165, 1.54) is 29.2 Å². The number of hydrogen-bond acceptors (Lipinski definition) is 9. The molecule has 1 heterocycles. The van der Waals surface area contributed by atoms with Crippen LogP contribution in [0, 0.1) is 22.0 Å². The summed E-state index contributed by atoms with van der Waals surface area (Å²) in [5.41, 5.74) is 0.389. The van der Waals surface area contributed by atoms with Crippen molar-refractivity contribution in [2.45, 2.75) is 84.0 Å². The van der Waals surface area contributed by atoms with E-state index in [0.29, 0.717) is 30.9 Å². The van der Waals surface area contributed by atoms with Crippen molar-refractivity contribution in [1.29, 1.82) is 0 Å². The van der Waals surface area contributed by atoms with E-state index in [0.717, 1.165) is 14.2 Å². The fourth-order valence-corrected chi connectivity index (χ4v) is 8.51. The molecule has 0 aromatic heterocycles. The van der Waals surface area contributed by atoms with Crippen LogP contribution in [0.15, 0.2) is 24.3 Å². The second-order valence-corrected chi connectivity index (χ2v) is 18.1. The van der Waals surface area contributed by atoms with E-state index in [9.17, 15) is 24.3 Å². The molecule has 1 aliphatic heterocycles. The summed E-state index contributed by atoms with van der Waals surface area (Å²) in [7, 11) is -3.93. The Morgan fingerprint density at radius 2 is 1.74 bits per heavy atom. The zero-order valence-electron chi connectivity index (χ0n) is 24.5. The molecule has 13 heteroatoms. The predicted octanol–water partition coefficient (Wildman–Crippen LogP) is 5.74. The number of non-ortho nitro benzene ring substituents is 1. The summed E-state index contributed by atoms with van der Waals surface area (Å²) in [6.45, 7) is 15.2. The summed E-state index contributed by atoms with van der Waals surface area (Å²) in [6.07, 6.45) is 1.00. The first-order chi connectivity index (χ1) is 18.1. The number of ether oxygens (including phenoxy) is 1. The Morgan fingerprint density at radius 1 is 1.18 bits per heavy atom. The molecule has 1 unspecified atom stereocenters. The second-order valence-electron chi connectivity index (χ2n) is 11.2. The van der Waals surface area contributed by atoms with Gasteiger partial charge in [0.25, 0.3) is 5.69 Å². The average Bonchev–Trinajstić information content (AvgIpc) is 2.89. The third-order valence-electron chi connectivity index (χ3n) is 8.52. The first-order valence-electron chi connectivity index (χ1n) is 13.1. The molecule has 1 aromatic carbocycles.